The third-order valence-electron chi connectivity index (χ3n) is 5.71. The Morgan fingerprint density at radius 3 is 1.68 bits per heavy atom. The lowest BCUT2D eigenvalue weighted by Gasteiger charge is -2.14. The second kappa shape index (κ2) is 23.8. The van der Waals surface area contributed by atoms with Crippen LogP contribution < -0.4 is 11.1 Å². The summed E-state index contributed by atoms with van der Waals surface area (Å²) in [7, 11) is 3.84. The standard InChI is InChI=1S/C25H48N2O5S2/c1-3-4-5-6-7-8-9-10-11-12-13-14-15-16-17-18-23(28)27-22(24(29)30)20-34-33-19-21(26)25(31)32-2/h21-22H,3-20,26H2,1-2H3,(H,27,28)(H,29,30). The molecule has 0 aliphatic rings. The van der Waals surface area contributed by atoms with Gasteiger partial charge in [0, 0.05) is 17.9 Å². The van der Waals surface area contributed by atoms with Crippen LogP contribution in [0, 0.1) is 0 Å². The summed E-state index contributed by atoms with van der Waals surface area (Å²) in [5.74, 6) is -1.26. The van der Waals surface area contributed by atoms with Gasteiger partial charge in [-0.05, 0) is 6.42 Å². The molecule has 2 atom stereocenters. The summed E-state index contributed by atoms with van der Waals surface area (Å²) < 4.78 is 4.55. The topological polar surface area (TPSA) is 119 Å². The normalized spacial score (nSPS) is 12.8. The second-order valence-electron chi connectivity index (χ2n) is 8.86. The van der Waals surface area contributed by atoms with Crippen LogP contribution in [0.25, 0.3) is 0 Å². The highest BCUT2D eigenvalue weighted by Gasteiger charge is 2.21. The molecule has 200 valence electrons. The average molecular weight is 521 g/mol. The molecule has 0 fully saturated rings. The van der Waals surface area contributed by atoms with Gasteiger partial charge in [-0.1, -0.05) is 118 Å². The molecule has 0 aliphatic heterocycles. The molecule has 2 unspecified atom stereocenters. The maximum atomic E-state index is 12.1. The van der Waals surface area contributed by atoms with E-state index >= 15 is 0 Å². The summed E-state index contributed by atoms with van der Waals surface area (Å²) >= 11 is 0. The van der Waals surface area contributed by atoms with Crippen LogP contribution in [0.1, 0.15) is 110 Å². The van der Waals surface area contributed by atoms with Crippen LogP contribution in [-0.4, -0.2) is 53.7 Å². The molecule has 0 heterocycles. The Balaban J connectivity index is 3.63. The van der Waals surface area contributed by atoms with Gasteiger partial charge in [-0.2, -0.15) is 0 Å². The Morgan fingerprint density at radius 1 is 0.794 bits per heavy atom. The number of unbranched alkanes of at least 4 members (excludes halogenated alkanes) is 14. The predicted molar refractivity (Wildman–Crippen MR) is 144 cm³/mol. The first-order valence-electron chi connectivity index (χ1n) is 13.0. The number of hydrogen-bond donors (Lipinski definition) is 3. The molecule has 0 saturated carbocycles. The number of carboxylic acids is 1. The maximum absolute atomic E-state index is 12.1. The first-order chi connectivity index (χ1) is 16.4. The highest BCUT2D eigenvalue weighted by Crippen LogP contribution is 2.23. The van der Waals surface area contributed by atoms with Gasteiger partial charge in [-0.3, -0.25) is 9.59 Å². The average Bonchev–Trinajstić information content (AvgIpc) is 2.82. The first-order valence-corrected chi connectivity index (χ1v) is 15.5. The van der Waals surface area contributed by atoms with E-state index in [1.54, 1.807) is 0 Å². The summed E-state index contributed by atoms with van der Waals surface area (Å²) in [6.07, 6.45) is 19.4. The molecular weight excluding hydrogens is 472 g/mol. The number of methoxy groups -OCH3 is 1. The van der Waals surface area contributed by atoms with Gasteiger partial charge in [0.25, 0.3) is 0 Å². The molecule has 0 aromatic carbocycles. The number of esters is 1. The van der Waals surface area contributed by atoms with Gasteiger partial charge >= 0.3 is 11.9 Å². The largest absolute Gasteiger partial charge is 0.480 e. The van der Waals surface area contributed by atoms with E-state index < -0.39 is 24.0 Å². The number of nitrogens with one attached hydrogen (secondary N) is 1. The number of rotatable bonds is 24. The number of amides is 1. The van der Waals surface area contributed by atoms with Crippen molar-refractivity contribution in [3.05, 3.63) is 0 Å². The number of nitrogens with two attached hydrogens (primary N) is 1. The second-order valence-corrected chi connectivity index (χ2v) is 11.4. The van der Waals surface area contributed by atoms with E-state index in [1.165, 1.54) is 106 Å². The van der Waals surface area contributed by atoms with Crippen molar-refractivity contribution in [2.24, 2.45) is 5.73 Å². The van der Waals surface area contributed by atoms with E-state index in [0.29, 0.717) is 12.2 Å². The van der Waals surface area contributed by atoms with Crippen LogP contribution in [0.5, 0.6) is 0 Å². The lowest BCUT2D eigenvalue weighted by Crippen LogP contribution is -2.42. The fraction of sp³-hybridized carbons (Fsp3) is 0.880. The van der Waals surface area contributed by atoms with E-state index in [1.807, 2.05) is 0 Å². The van der Waals surface area contributed by atoms with Gasteiger partial charge in [0.2, 0.25) is 5.91 Å². The van der Waals surface area contributed by atoms with Crippen LogP contribution in [0.4, 0.5) is 0 Å². The third-order valence-corrected chi connectivity index (χ3v) is 8.16. The number of carbonyl (C=O) groups excluding carboxylic acids is 2. The molecule has 7 nitrogen and oxygen atoms in total. The highest BCUT2D eigenvalue weighted by atomic mass is 33.1. The van der Waals surface area contributed by atoms with Crippen molar-refractivity contribution >= 4 is 39.4 Å². The zero-order valence-corrected chi connectivity index (χ0v) is 23.0. The van der Waals surface area contributed by atoms with Crippen LogP contribution in [0.15, 0.2) is 0 Å². The molecule has 0 aromatic heterocycles. The highest BCUT2D eigenvalue weighted by molar-refractivity contribution is 8.76. The zero-order valence-electron chi connectivity index (χ0n) is 21.4. The molecule has 1 amide bonds. The SMILES string of the molecule is CCCCCCCCCCCCCCCCCC(=O)NC(CSSCC(N)C(=O)OC)C(=O)O. The minimum atomic E-state index is -1.06. The van der Waals surface area contributed by atoms with E-state index in [2.05, 4.69) is 17.0 Å². The fourth-order valence-electron chi connectivity index (χ4n) is 3.56. The van der Waals surface area contributed by atoms with Crippen molar-refractivity contribution in [2.75, 3.05) is 18.6 Å². The van der Waals surface area contributed by atoms with Crippen molar-refractivity contribution in [1.29, 1.82) is 0 Å². The quantitative estimate of drug-likeness (QED) is 0.0842. The number of aliphatic carboxylic acids is 1. The van der Waals surface area contributed by atoms with Crippen molar-refractivity contribution < 1.29 is 24.2 Å². The van der Waals surface area contributed by atoms with Gasteiger partial charge in [0.05, 0.1) is 7.11 Å². The van der Waals surface area contributed by atoms with Crippen molar-refractivity contribution in [3.8, 4) is 0 Å². The van der Waals surface area contributed by atoms with Crippen molar-refractivity contribution in [1.82, 2.24) is 5.32 Å². The maximum Gasteiger partial charge on any atom is 0.327 e. The summed E-state index contributed by atoms with van der Waals surface area (Å²) in [6.45, 7) is 2.26. The smallest absolute Gasteiger partial charge is 0.327 e. The monoisotopic (exact) mass is 520 g/mol. The minimum absolute atomic E-state index is 0.207. The van der Waals surface area contributed by atoms with Crippen LogP contribution >= 0.6 is 21.6 Å². The number of ether oxygens (including phenoxy) is 1. The molecule has 0 aromatic rings. The summed E-state index contributed by atoms with van der Waals surface area (Å²) in [5.41, 5.74) is 5.64. The Kier molecular flexibility index (Phi) is 23.1. The Labute approximate surface area is 214 Å². The van der Waals surface area contributed by atoms with E-state index in [9.17, 15) is 19.5 Å². The van der Waals surface area contributed by atoms with Crippen LogP contribution in [-0.2, 0) is 19.1 Å². The number of carboxylic acid groups (broad SMARTS) is 1. The van der Waals surface area contributed by atoms with Crippen LogP contribution in [0.3, 0.4) is 0 Å². The molecule has 0 aliphatic carbocycles. The van der Waals surface area contributed by atoms with Crippen molar-refractivity contribution in [3.63, 3.8) is 0 Å². The van der Waals surface area contributed by atoms with Gasteiger partial charge < -0.3 is 20.9 Å². The summed E-state index contributed by atoms with van der Waals surface area (Å²) in [6, 6.07) is -1.69. The van der Waals surface area contributed by atoms with Crippen molar-refractivity contribution in [2.45, 2.75) is 122 Å². The summed E-state index contributed by atoms with van der Waals surface area (Å²) in [4.78, 5) is 34.7. The van der Waals surface area contributed by atoms with E-state index in [0.717, 1.165) is 19.3 Å². The predicted octanol–water partition coefficient (Wildman–Crippen LogP) is 5.70. The van der Waals surface area contributed by atoms with Gasteiger partial charge in [-0.15, -0.1) is 0 Å². The Morgan fingerprint density at radius 2 is 1.24 bits per heavy atom. The minimum Gasteiger partial charge on any atom is -0.480 e. The zero-order chi connectivity index (χ0) is 25.4. The van der Waals surface area contributed by atoms with Gasteiger partial charge in [0.15, 0.2) is 0 Å². The molecule has 0 bridgehead atoms. The first kappa shape index (κ1) is 33.1. The molecule has 0 rings (SSSR count). The molecule has 0 saturated heterocycles. The molecule has 9 heteroatoms. The van der Waals surface area contributed by atoms with Gasteiger partial charge in [0.1, 0.15) is 12.1 Å². The summed E-state index contributed by atoms with van der Waals surface area (Å²) in [5, 5.41) is 11.9. The lowest BCUT2D eigenvalue weighted by atomic mass is 10.0. The Hall–Kier alpha value is -0.930. The van der Waals surface area contributed by atoms with E-state index in [4.69, 9.17) is 5.73 Å². The lowest BCUT2D eigenvalue weighted by molar-refractivity contribution is -0.141. The third kappa shape index (κ3) is 20.4. The fourth-order valence-corrected chi connectivity index (χ4v) is 5.82. The van der Waals surface area contributed by atoms with Gasteiger partial charge in [-0.25, -0.2) is 4.79 Å². The van der Waals surface area contributed by atoms with E-state index in [-0.39, 0.29) is 11.7 Å². The number of carbonyl (C=O) groups is 3. The molecule has 34 heavy (non-hydrogen) atoms. The van der Waals surface area contributed by atoms with Crippen LogP contribution in [0.2, 0.25) is 0 Å². The molecular formula is C25H48N2O5S2. The number of hydrogen-bond acceptors (Lipinski definition) is 7. The molecule has 4 N–H and O–H groups in total. The molecule has 0 radical (unpaired) electrons. The molecule has 0 spiro atoms. The Bertz CT molecular complexity index is 537.